The molecule has 1 spiro atoms. The smallest absolute Gasteiger partial charge is 0.256 e. The number of anilines is 10. The Morgan fingerprint density at radius 2 is 0.700 bits per heavy atom. The normalized spacial score (nSPS) is 21.7. The first-order chi connectivity index (χ1) is 64.6. The van der Waals surface area contributed by atoms with Crippen molar-refractivity contribution in [3.8, 4) is 45.3 Å². The van der Waals surface area contributed by atoms with Crippen molar-refractivity contribution in [1.82, 2.24) is 0 Å². The van der Waals surface area contributed by atoms with Gasteiger partial charge in [-0.15, -0.1) is 0 Å². The van der Waals surface area contributed by atoms with E-state index in [1.165, 1.54) is 301 Å². The standard InChI is InChI=1S/C122H116B2N4O2/c1-10-40-80(41-11-1)91-58-30-35-69-106(91)125(88-54-24-8-25-55-88)90-74-112-119-116(75-90)129-113-71-37-34-68-103(113)124(119)105-77-101-115(79-109(105)128(112)121-94(83-46-16-4-17-47-83)63-39-64-95(121)84-48-18-5-19-49-84)130-114-78-108-104(76-100(114)122(101)98-65-31-28-59-96(98)97-60-29-32-66-99(97)122)123-102-67-33-36-70-107(102)126(89-56-26-9-27-57-89)110-72-87(117(85-50-20-6-21-51-85)86-52-22-7-23-53-86)73-111(118(110)123)127(108)120-92(81-42-12-2-13-43-81)61-38-62-93(120)82-44-14-3-15-45-82/h1,6-11,20-37,40-41,50-60,65-79,81-84,92-95,117,120-121H,2-5,12-19,38-39,42-49,61-64H2. The Morgan fingerprint density at radius 3 is 1.24 bits per heavy atom. The molecule has 4 unspecified atom stereocenters. The quantitative estimate of drug-likeness (QED) is 0.0797. The average Bonchev–Trinajstić information content (AvgIpc) is 1.24. The monoisotopic (exact) mass is 1690 g/mol. The summed E-state index contributed by atoms with van der Waals surface area (Å²) in [6, 6.07) is 126. The Morgan fingerprint density at radius 1 is 0.277 bits per heavy atom. The van der Waals surface area contributed by atoms with Crippen molar-refractivity contribution in [2.45, 2.75) is 190 Å². The molecule has 26 rings (SSSR count). The van der Waals surface area contributed by atoms with Crippen LogP contribution < -0.4 is 61.9 Å². The molecule has 12 aliphatic rings. The molecular formula is C122H116B2N4O2. The first-order valence-corrected chi connectivity index (χ1v) is 50.5. The lowest BCUT2D eigenvalue weighted by Gasteiger charge is -2.55. The number of para-hydroxylation sites is 5. The van der Waals surface area contributed by atoms with Crippen molar-refractivity contribution >= 4 is 103 Å². The van der Waals surface area contributed by atoms with Crippen molar-refractivity contribution in [2.75, 3.05) is 19.6 Å². The summed E-state index contributed by atoms with van der Waals surface area (Å²) in [7, 11) is 0. The second-order valence-electron chi connectivity index (χ2n) is 41.0. The third-order valence-corrected chi connectivity index (χ3v) is 34.6. The minimum atomic E-state index is -0.841. The largest absolute Gasteiger partial charge is 0.458 e. The maximum atomic E-state index is 8.79. The molecular weight excluding hydrogens is 1570 g/mol. The minimum Gasteiger partial charge on any atom is -0.458 e. The molecule has 0 aromatic heterocycles. The molecule has 0 bridgehead atoms. The number of benzene rings is 14. The minimum absolute atomic E-state index is 0.0466. The van der Waals surface area contributed by atoms with Gasteiger partial charge in [-0.2, -0.15) is 0 Å². The van der Waals surface area contributed by atoms with Crippen molar-refractivity contribution in [2.24, 2.45) is 47.3 Å². The summed E-state index contributed by atoms with van der Waals surface area (Å²) >= 11 is 0. The highest BCUT2D eigenvalue weighted by Crippen LogP contribution is 2.66. The maximum absolute atomic E-state index is 8.79. The molecule has 14 aromatic carbocycles. The van der Waals surface area contributed by atoms with E-state index in [2.05, 4.69) is 341 Å². The second-order valence-corrected chi connectivity index (χ2v) is 41.0. The van der Waals surface area contributed by atoms with Gasteiger partial charge in [0.25, 0.3) is 13.4 Å². The van der Waals surface area contributed by atoms with E-state index in [9.17, 15) is 0 Å². The van der Waals surface area contributed by atoms with Crippen LogP contribution in [0, 0.1) is 47.3 Å². The van der Waals surface area contributed by atoms with Crippen LogP contribution in [0.4, 0.5) is 56.9 Å². The number of nitrogens with zero attached hydrogens (tertiary/aromatic N) is 4. The molecule has 14 aromatic rings. The van der Waals surface area contributed by atoms with E-state index in [1.807, 2.05) is 0 Å². The van der Waals surface area contributed by atoms with Gasteiger partial charge in [0, 0.05) is 98.4 Å². The van der Waals surface area contributed by atoms with Crippen molar-refractivity contribution in [3.63, 3.8) is 0 Å². The van der Waals surface area contributed by atoms with Crippen molar-refractivity contribution in [3.05, 3.63) is 360 Å². The zero-order chi connectivity index (χ0) is 85.5. The van der Waals surface area contributed by atoms with E-state index in [4.69, 9.17) is 9.47 Å². The summed E-state index contributed by atoms with van der Waals surface area (Å²) in [6.45, 7) is -0.326. The van der Waals surface area contributed by atoms with Gasteiger partial charge < -0.3 is 29.1 Å². The predicted molar refractivity (Wildman–Crippen MR) is 541 cm³/mol. The van der Waals surface area contributed by atoms with Gasteiger partial charge in [-0.1, -0.05) is 384 Å². The van der Waals surface area contributed by atoms with Crippen LogP contribution in [0.3, 0.4) is 0 Å². The summed E-state index contributed by atoms with van der Waals surface area (Å²) < 4.78 is 16.6. The van der Waals surface area contributed by atoms with Gasteiger partial charge >= 0.3 is 0 Å². The Bertz CT molecular complexity index is 6470. The van der Waals surface area contributed by atoms with Crippen LogP contribution >= 0.6 is 0 Å². The maximum Gasteiger partial charge on any atom is 0.256 e. The lowest BCUT2D eigenvalue weighted by atomic mass is 9.33. The van der Waals surface area contributed by atoms with Crippen LogP contribution in [0.25, 0.3) is 22.3 Å². The van der Waals surface area contributed by atoms with Gasteiger partial charge in [-0.3, -0.25) is 0 Å². The van der Waals surface area contributed by atoms with Crippen LogP contribution in [-0.2, 0) is 5.41 Å². The third kappa shape index (κ3) is 12.7. The topological polar surface area (TPSA) is 31.4 Å². The number of rotatable bonds is 14. The Labute approximate surface area is 770 Å². The molecule has 0 N–H and O–H groups in total. The fourth-order valence-electron chi connectivity index (χ4n) is 29.4. The van der Waals surface area contributed by atoms with E-state index in [-0.39, 0.29) is 31.4 Å². The summed E-state index contributed by atoms with van der Waals surface area (Å²) in [6.07, 6.45) is 34.0. The Kier molecular flexibility index (Phi) is 20.0. The third-order valence-electron chi connectivity index (χ3n) is 34.6. The molecule has 0 amide bonds. The van der Waals surface area contributed by atoms with E-state index < -0.39 is 5.41 Å². The number of hydrogen-bond acceptors (Lipinski definition) is 6. The molecule has 4 atom stereocenters. The van der Waals surface area contributed by atoms with Gasteiger partial charge in [0.05, 0.1) is 16.8 Å². The lowest BCUT2D eigenvalue weighted by molar-refractivity contribution is 0.0839. The number of fused-ring (bicyclic) bond motifs is 17. The highest BCUT2D eigenvalue weighted by molar-refractivity contribution is 7.00. The van der Waals surface area contributed by atoms with Crippen LogP contribution in [0.5, 0.6) is 23.0 Å². The van der Waals surface area contributed by atoms with Crippen LogP contribution in [-0.4, -0.2) is 25.5 Å². The lowest BCUT2D eigenvalue weighted by Crippen LogP contribution is -2.65. The molecule has 5 heterocycles. The van der Waals surface area contributed by atoms with E-state index in [1.54, 1.807) is 0 Å². The second kappa shape index (κ2) is 32.8. The van der Waals surface area contributed by atoms with Gasteiger partial charge in [0.2, 0.25) is 0 Å². The highest BCUT2D eigenvalue weighted by Gasteiger charge is 2.59. The molecule has 5 aliphatic heterocycles. The molecule has 6 saturated carbocycles. The van der Waals surface area contributed by atoms with Crippen molar-refractivity contribution in [1.29, 1.82) is 0 Å². The van der Waals surface area contributed by atoms with E-state index in [0.29, 0.717) is 47.3 Å². The van der Waals surface area contributed by atoms with E-state index in [0.717, 1.165) is 40.1 Å². The summed E-state index contributed by atoms with van der Waals surface area (Å²) in [5.74, 6) is 8.31. The number of ether oxygens (including phenoxy) is 2. The van der Waals surface area contributed by atoms with Crippen LogP contribution in [0.15, 0.2) is 322 Å². The molecule has 6 fully saturated rings. The molecule has 642 valence electrons. The Balaban J connectivity index is 0.773. The van der Waals surface area contributed by atoms with Crippen molar-refractivity contribution < 1.29 is 9.47 Å². The van der Waals surface area contributed by atoms with Gasteiger partial charge in [0.1, 0.15) is 23.0 Å². The molecule has 8 heteroatoms. The summed E-state index contributed by atoms with van der Waals surface area (Å²) in [4.78, 5) is 11.5. The van der Waals surface area contributed by atoms with Crippen LogP contribution in [0.1, 0.15) is 212 Å². The van der Waals surface area contributed by atoms with E-state index >= 15 is 0 Å². The fraction of sp³-hybridized carbons (Fsp3) is 0.311. The first-order valence-electron chi connectivity index (χ1n) is 50.5. The SMILES string of the molecule is c1ccc(-c2ccccc2N(c2ccccc2)c2cc3c4c(c2)N(C2C(C5CCCCC5)CCCC2C2CCCCC2)c2cc5c(cc2B4c2ccccc2O3)C2(c3cc4c(cc3O5)N(C3C(C5CCCCC5)CCCC3C3CCCCC3)c3cc(C(c5ccccc5)c5ccccc5)cc5c3B4c3ccccc3N5c3ccccc3)c3ccccc3-c3ccccc32)cc1. The fourth-order valence-corrected chi connectivity index (χ4v) is 29.4. The Hall–Kier alpha value is -12.0. The summed E-state index contributed by atoms with van der Waals surface area (Å²) in [5, 5.41) is 0. The van der Waals surface area contributed by atoms with Gasteiger partial charge in [-0.05, 0) is 211 Å². The van der Waals surface area contributed by atoms with Crippen LogP contribution in [0.2, 0.25) is 0 Å². The molecule has 7 aliphatic carbocycles. The zero-order valence-corrected chi connectivity index (χ0v) is 75.1. The van der Waals surface area contributed by atoms with Gasteiger partial charge in [-0.25, -0.2) is 0 Å². The van der Waals surface area contributed by atoms with Gasteiger partial charge in [0.15, 0.2) is 0 Å². The molecule has 0 saturated heterocycles. The molecule has 0 radical (unpaired) electrons. The number of hydrogen-bond donors (Lipinski definition) is 0. The first kappa shape index (κ1) is 79.0. The predicted octanol–water partition coefficient (Wildman–Crippen LogP) is 28.2. The summed E-state index contributed by atoms with van der Waals surface area (Å²) in [5.41, 5.74) is 33.7. The average molecular weight is 1690 g/mol. The molecule has 6 nitrogen and oxygen atoms in total. The zero-order valence-electron chi connectivity index (χ0n) is 75.1. The highest BCUT2D eigenvalue weighted by atomic mass is 16.5. The molecule has 130 heavy (non-hydrogen) atoms.